The number of benzene rings is 3. The van der Waals surface area contributed by atoms with Crippen molar-refractivity contribution in [1.29, 1.82) is 0 Å². The molecule has 3 aliphatic heterocycles. The zero-order chi connectivity index (χ0) is 40.8. The zero-order valence-corrected chi connectivity index (χ0v) is 32.1. The molecule has 5 N–H and O–H groups in total. The highest BCUT2D eigenvalue weighted by molar-refractivity contribution is 5.98. The Bertz CT molecular complexity index is 1960. The van der Waals surface area contributed by atoms with Crippen LogP contribution in [0.25, 0.3) is 0 Å². The van der Waals surface area contributed by atoms with E-state index in [0.29, 0.717) is 28.2 Å². The summed E-state index contributed by atoms with van der Waals surface area (Å²) >= 11 is 0. The summed E-state index contributed by atoms with van der Waals surface area (Å²) in [5.41, 5.74) is 1.79. The fourth-order valence-corrected chi connectivity index (χ4v) is 6.70. The van der Waals surface area contributed by atoms with E-state index in [-0.39, 0.29) is 30.8 Å². The molecule has 3 aromatic rings. The van der Waals surface area contributed by atoms with Crippen LogP contribution in [-0.4, -0.2) is 131 Å². The fraction of sp³-hybridized carbons (Fsp3) is 0.400. The number of phenols is 1. The van der Waals surface area contributed by atoms with Crippen molar-refractivity contribution in [2.24, 2.45) is 0 Å². The van der Waals surface area contributed by atoms with E-state index in [4.69, 9.17) is 9.47 Å². The lowest BCUT2D eigenvalue weighted by molar-refractivity contribution is -0.149. The number of carbonyl (C=O) groups excluding carboxylic acids is 6. The normalized spacial score (nSPS) is 24.4. The Labute approximate surface area is 324 Å². The monoisotopic (exact) mass is 772 g/mol. The highest BCUT2D eigenvalue weighted by Crippen LogP contribution is 2.33. The minimum atomic E-state index is -1.51. The molecule has 16 nitrogen and oxygen atoms in total. The third-order valence-corrected chi connectivity index (χ3v) is 10.2. The number of rotatable bonds is 4. The second-order valence-corrected chi connectivity index (χ2v) is 14.1. The van der Waals surface area contributed by atoms with Crippen molar-refractivity contribution in [1.82, 2.24) is 30.7 Å². The zero-order valence-electron chi connectivity index (χ0n) is 32.1. The van der Waals surface area contributed by atoms with Gasteiger partial charge in [-0.05, 0) is 66.9 Å². The van der Waals surface area contributed by atoms with Gasteiger partial charge < -0.3 is 50.3 Å². The smallest absolute Gasteiger partial charge is 0.247 e. The minimum Gasteiger partial charge on any atom is -0.504 e. The van der Waals surface area contributed by atoms with Gasteiger partial charge in [0, 0.05) is 40.4 Å². The van der Waals surface area contributed by atoms with Crippen LogP contribution in [0.1, 0.15) is 30.5 Å². The van der Waals surface area contributed by atoms with Crippen LogP contribution in [0.2, 0.25) is 0 Å². The number of hydrogen-bond acceptors (Lipinski definition) is 10. The maximum Gasteiger partial charge on any atom is 0.247 e. The molecule has 298 valence electrons. The molecule has 3 aliphatic rings. The van der Waals surface area contributed by atoms with Crippen molar-refractivity contribution >= 4 is 35.4 Å². The van der Waals surface area contributed by atoms with Gasteiger partial charge in [0.1, 0.15) is 47.8 Å². The molecule has 0 aromatic heterocycles. The second kappa shape index (κ2) is 17.5. The number of nitrogens with one attached hydrogen (secondary N) is 3. The number of ether oxygens (including phenoxy) is 2. The number of hydrogen-bond donors (Lipinski definition) is 5. The van der Waals surface area contributed by atoms with Gasteiger partial charge in [-0.15, -0.1) is 0 Å². The van der Waals surface area contributed by atoms with Crippen LogP contribution in [-0.2, 0) is 48.0 Å². The van der Waals surface area contributed by atoms with E-state index < -0.39 is 78.3 Å². The van der Waals surface area contributed by atoms with Crippen LogP contribution >= 0.6 is 0 Å². The molecular weight excluding hydrogens is 724 g/mol. The first kappa shape index (κ1) is 41.0. The Hall–Kier alpha value is -6.16. The van der Waals surface area contributed by atoms with E-state index in [1.807, 2.05) is 0 Å². The first-order valence-corrected chi connectivity index (χ1v) is 18.1. The Morgan fingerprint density at radius 2 is 1.30 bits per heavy atom. The molecule has 3 heterocycles. The summed E-state index contributed by atoms with van der Waals surface area (Å²) < 4.78 is 11.2. The summed E-state index contributed by atoms with van der Waals surface area (Å²) in [6.07, 6.45) is -0.0928. The van der Waals surface area contributed by atoms with Crippen molar-refractivity contribution in [3.8, 4) is 23.0 Å². The number of aliphatic hydroxyl groups is 1. The molecule has 6 amide bonds. The van der Waals surface area contributed by atoms with Gasteiger partial charge >= 0.3 is 0 Å². The van der Waals surface area contributed by atoms with Gasteiger partial charge in [0.15, 0.2) is 11.5 Å². The van der Waals surface area contributed by atoms with Gasteiger partial charge in [-0.3, -0.25) is 28.8 Å². The third kappa shape index (κ3) is 9.20. The average Bonchev–Trinajstić information content (AvgIpc) is 3.19. The summed E-state index contributed by atoms with van der Waals surface area (Å²) in [6.45, 7) is 2.01. The van der Waals surface area contributed by atoms with Crippen molar-refractivity contribution in [3.05, 3.63) is 83.4 Å². The number of likely N-dealkylation sites (N-methyl/N-ethyl adjacent to an activating group) is 3. The predicted octanol–water partition coefficient (Wildman–Crippen LogP) is 0.516. The molecule has 1 unspecified atom stereocenters. The number of nitrogens with zero attached hydrogens (tertiary/aromatic N) is 3. The van der Waals surface area contributed by atoms with Gasteiger partial charge in [0.2, 0.25) is 35.4 Å². The average molecular weight is 773 g/mol. The van der Waals surface area contributed by atoms with Crippen molar-refractivity contribution in [3.63, 3.8) is 0 Å². The van der Waals surface area contributed by atoms with Crippen molar-refractivity contribution in [2.45, 2.75) is 69.4 Å². The van der Waals surface area contributed by atoms with Crippen molar-refractivity contribution in [2.75, 3.05) is 34.9 Å². The molecule has 6 atom stereocenters. The van der Waals surface area contributed by atoms with Crippen LogP contribution in [0.3, 0.4) is 0 Å². The Morgan fingerprint density at radius 3 is 1.95 bits per heavy atom. The van der Waals surface area contributed by atoms with Crippen LogP contribution < -0.4 is 25.4 Å². The highest BCUT2D eigenvalue weighted by Gasteiger charge is 2.39. The molecule has 56 heavy (non-hydrogen) atoms. The summed E-state index contributed by atoms with van der Waals surface area (Å²) in [5, 5.41) is 28.6. The van der Waals surface area contributed by atoms with E-state index in [9.17, 15) is 39.0 Å². The number of fused-ring (bicyclic) bond motifs is 2. The lowest BCUT2D eigenvalue weighted by Gasteiger charge is -2.37. The second-order valence-electron chi connectivity index (χ2n) is 14.1. The number of aliphatic hydroxyl groups excluding tert-OH is 1. The Morgan fingerprint density at radius 1 is 0.696 bits per heavy atom. The molecule has 0 aliphatic carbocycles. The lowest BCUT2D eigenvalue weighted by Crippen LogP contribution is -2.62. The number of aromatic hydroxyl groups is 1. The molecule has 1 fully saturated rings. The fourth-order valence-electron chi connectivity index (χ4n) is 6.70. The molecule has 16 heteroatoms. The summed E-state index contributed by atoms with van der Waals surface area (Å²) in [5.74, 6) is -3.34. The maximum absolute atomic E-state index is 14.6. The van der Waals surface area contributed by atoms with Gasteiger partial charge in [-0.1, -0.05) is 30.3 Å². The predicted molar refractivity (Wildman–Crippen MR) is 203 cm³/mol. The molecular formula is C40H48N6O10. The number of amides is 6. The summed E-state index contributed by atoms with van der Waals surface area (Å²) in [4.78, 5) is 87.8. The van der Waals surface area contributed by atoms with Crippen LogP contribution in [0.4, 0.5) is 0 Å². The molecule has 6 bridgehead atoms. The van der Waals surface area contributed by atoms with E-state index >= 15 is 0 Å². The van der Waals surface area contributed by atoms with E-state index in [0.717, 1.165) is 4.90 Å². The number of carbonyl (C=O) groups is 6. The Kier molecular flexibility index (Phi) is 12.8. The molecule has 1 saturated heterocycles. The van der Waals surface area contributed by atoms with Crippen molar-refractivity contribution < 1.29 is 48.5 Å². The third-order valence-electron chi connectivity index (χ3n) is 10.2. The first-order chi connectivity index (χ1) is 26.6. The summed E-state index contributed by atoms with van der Waals surface area (Å²) in [6, 6.07) is 10.5. The minimum absolute atomic E-state index is 0.00986. The van der Waals surface area contributed by atoms with E-state index in [1.54, 1.807) is 54.6 Å². The van der Waals surface area contributed by atoms with Gasteiger partial charge in [-0.25, -0.2) is 0 Å². The molecule has 0 saturated carbocycles. The molecule has 0 spiro atoms. The molecule has 6 rings (SSSR count). The lowest BCUT2D eigenvalue weighted by atomic mass is 9.98. The van der Waals surface area contributed by atoms with Crippen LogP contribution in [0.15, 0.2) is 66.7 Å². The molecule has 3 aromatic carbocycles. The maximum atomic E-state index is 14.6. The van der Waals surface area contributed by atoms with Crippen LogP contribution in [0, 0.1) is 0 Å². The largest absolute Gasteiger partial charge is 0.504 e. The van der Waals surface area contributed by atoms with Gasteiger partial charge in [-0.2, -0.15) is 0 Å². The SMILES string of the molecule is COc1ccc(C[C@H]2C(=O)N[C@@H](C)C(=O)N(C)[C@H]3Cc4ccc(cc4)Oc4cc(ccc4O)CC(C(=O)N[C@H](C)C(=O)N[C@@H](CO)C(=O)N2C)N(C)C3=O)cc1. The Balaban J connectivity index is 1.58. The molecule has 0 radical (unpaired) electrons. The van der Waals surface area contributed by atoms with Gasteiger partial charge in [0.05, 0.1) is 13.7 Å². The van der Waals surface area contributed by atoms with Crippen LogP contribution in [0.5, 0.6) is 23.0 Å². The quantitative estimate of drug-likeness (QED) is 0.249. The van der Waals surface area contributed by atoms with Gasteiger partial charge in [0.25, 0.3) is 0 Å². The highest BCUT2D eigenvalue weighted by atomic mass is 16.5. The van der Waals surface area contributed by atoms with E-state index in [1.165, 1.54) is 64.0 Å². The van der Waals surface area contributed by atoms with E-state index in [2.05, 4.69) is 16.0 Å². The topological polar surface area (TPSA) is 207 Å². The standard InChI is InChI=1S/C40H48N6O10/c1-22-35(49)43-29(21-47)39(53)44(3)30(17-24-7-12-27(55-6)13-8-24)37(51)42-23(2)38(52)46(5)32-18-25-9-14-28(15-10-25)56-34-20-26(11-16-33(34)48)19-31(36(50)41-22)45(4)40(32)54/h7-16,20,22-23,29-32,47-48H,17-19,21H2,1-6H3,(H,41,50)(H,42,51)(H,43,49)/t22-,23+,29+,30+,31?,32+/m1/s1. The number of methoxy groups -OCH3 is 1. The summed E-state index contributed by atoms with van der Waals surface area (Å²) in [7, 11) is 5.71. The first-order valence-electron chi connectivity index (χ1n) is 18.1. The number of phenolic OH excluding ortho intramolecular Hbond substituents is 1.